The molecule has 0 aliphatic heterocycles. The number of nitrogens with zero attached hydrogens (tertiary/aromatic N) is 1. The number of rotatable bonds is 3. The summed E-state index contributed by atoms with van der Waals surface area (Å²) in [6, 6.07) is 6.64. The van der Waals surface area contributed by atoms with Crippen molar-refractivity contribution in [1.29, 1.82) is 0 Å². The molecule has 0 radical (unpaired) electrons. The number of hydrogen-bond donors (Lipinski definition) is 1. The van der Waals surface area contributed by atoms with Gasteiger partial charge < -0.3 is 4.90 Å². The SMILES string of the molecule is Cc1ccc(S(=O)(=O)NSC(=S)N(C)C)cc1. The lowest BCUT2D eigenvalue weighted by Crippen LogP contribution is -2.24. The Morgan fingerprint density at radius 2 is 1.82 bits per heavy atom. The largest absolute Gasteiger partial charge is 0.363 e. The monoisotopic (exact) mass is 290 g/mol. The van der Waals surface area contributed by atoms with Crippen LogP contribution in [-0.2, 0) is 10.0 Å². The lowest BCUT2D eigenvalue weighted by Gasteiger charge is -2.13. The van der Waals surface area contributed by atoms with E-state index in [0.717, 1.165) is 17.5 Å². The first kappa shape index (κ1) is 14.4. The maximum Gasteiger partial charge on any atom is 0.250 e. The standard InChI is InChI=1S/C10H14N2O2S3/c1-8-4-6-9(7-5-8)17(13,14)11-16-10(15)12(2)3/h4-7,11H,1-3H3. The van der Waals surface area contributed by atoms with Crippen LogP contribution < -0.4 is 4.13 Å². The van der Waals surface area contributed by atoms with E-state index < -0.39 is 10.0 Å². The summed E-state index contributed by atoms with van der Waals surface area (Å²) in [7, 11) is 0.0120. The summed E-state index contributed by atoms with van der Waals surface area (Å²) in [5, 5.41) is 0. The van der Waals surface area contributed by atoms with Crippen LogP contribution in [0.15, 0.2) is 29.2 Å². The summed E-state index contributed by atoms with van der Waals surface area (Å²) < 4.78 is 26.6. The highest BCUT2D eigenvalue weighted by molar-refractivity contribution is 8.26. The predicted octanol–water partition coefficient (Wildman–Crippen LogP) is 1.77. The number of nitrogens with one attached hydrogen (secondary N) is 1. The summed E-state index contributed by atoms with van der Waals surface area (Å²) in [5.41, 5.74) is 1.01. The minimum atomic E-state index is -3.51. The van der Waals surface area contributed by atoms with Gasteiger partial charge >= 0.3 is 0 Å². The molecule has 0 heterocycles. The van der Waals surface area contributed by atoms with Crippen LogP contribution in [0, 0.1) is 6.92 Å². The molecule has 1 N–H and O–H groups in total. The average Bonchev–Trinajstić information content (AvgIpc) is 2.26. The minimum absolute atomic E-state index is 0.233. The molecule has 7 heteroatoms. The van der Waals surface area contributed by atoms with E-state index in [0.29, 0.717) is 4.32 Å². The van der Waals surface area contributed by atoms with Crippen molar-refractivity contribution in [2.75, 3.05) is 14.1 Å². The lowest BCUT2D eigenvalue weighted by molar-refractivity contribution is 0.594. The van der Waals surface area contributed by atoms with Crippen LogP contribution in [-0.4, -0.2) is 31.7 Å². The summed E-state index contributed by atoms with van der Waals surface area (Å²) in [6.07, 6.45) is 0. The molecule has 94 valence electrons. The molecule has 0 aromatic heterocycles. The number of hydrogen-bond acceptors (Lipinski definition) is 4. The molecule has 1 aromatic rings. The lowest BCUT2D eigenvalue weighted by atomic mass is 10.2. The number of aryl methyl sites for hydroxylation is 1. The van der Waals surface area contributed by atoms with E-state index in [4.69, 9.17) is 12.2 Å². The number of benzene rings is 1. The number of thiocarbonyl (C=S) groups is 1. The molecular weight excluding hydrogens is 276 g/mol. The molecule has 0 aliphatic rings. The zero-order chi connectivity index (χ0) is 13.1. The Bertz CT molecular complexity index is 495. The molecule has 0 amide bonds. The third kappa shape index (κ3) is 4.27. The van der Waals surface area contributed by atoms with Crippen molar-refractivity contribution in [2.24, 2.45) is 0 Å². The Labute approximate surface area is 112 Å². The third-order valence-electron chi connectivity index (χ3n) is 1.94. The molecule has 1 aromatic carbocycles. The second kappa shape index (κ2) is 5.81. The number of sulfonamides is 1. The molecule has 0 saturated heterocycles. The molecular formula is C10H14N2O2S3. The van der Waals surface area contributed by atoms with Crippen LogP contribution in [0.25, 0.3) is 0 Å². The fourth-order valence-corrected chi connectivity index (χ4v) is 3.04. The van der Waals surface area contributed by atoms with Gasteiger partial charge in [0.2, 0.25) is 10.0 Å². The van der Waals surface area contributed by atoms with Gasteiger partial charge in [-0.2, -0.15) is 0 Å². The molecule has 0 atom stereocenters. The molecule has 0 bridgehead atoms. The quantitative estimate of drug-likeness (QED) is 0.679. The van der Waals surface area contributed by atoms with E-state index in [-0.39, 0.29) is 4.90 Å². The minimum Gasteiger partial charge on any atom is -0.363 e. The van der Waals surface area contributed by atoms with E-state index in [1.54, 1.807) is 43.3 Å². The van der Waals surface area contributed by atoms with E-state index >= 15 is 0 Å². The van der Waals surface area contributed by atoms with Crippen LogP contribution >= 0.6 is 24.2 Å². The van der Waals surface area contributed by atoms with Crippen molar-refractivity contribution < 1.29 is 8.42 Å². The van der Waals surface area contributed by atoms with Gasteiger partial charge in [0.15, 0.2) is 4.32 Å². The smallest absolute Gasteiger partial charge is 0.250 e. The van der Waals surface area contributed by atoms with Gasteiger partial charge in [-0.05, 0) is 19.1 Å². The topological polar surface area (TPSA) is 49.4 Å². The normalized spacial score (nSPS) is 11.2. The zero-order valence-corrected chi connectivity index (χ0v) is 12.2. The van der Waals surface area contributed by atoms with Crippen LogP contribution in [0.1, 0.15) is 5.56 Å². The first-order valence-corrected chi connectivity index (χ1v) is 7.50. The van der Waals surface area contributed by atoms with Gasteiger partial charge in [-0.3, -0.25) is 0 Å². The second-order valence-corrected chi connectivity index (χ2v) is 7.04. The highest BCUT2D eigenvalue weighted by Crippen LogP contribution is 2.13. The third-order valence-corrected chi connectivity index (χ3v) is 5.19. The molecule has 1 rings (SSSR count). The predicted molar refractivity (Wildman–Crippen MR) is 75.4 cm³/mol. The molecule has 0 aliphatic carbocycles. The Kier molecular flexibility index (Phi) is 4.93. The Balaban J connectivity index is 2.76. The van der Waals surface area contributed by atoms with Gasteiger partial charge in [-0.25, -0.2) is 8.42 Å². The Morgan fingerprint density at radius 3 is 2.29 bits per heavy atom. The van der Waals surface area contributed by atoms with Gasteiger partial charge in [0.25, 0.3) is 0 Å². The Hall–Kier alpha value is -0.630. The molecule has 0 unspecified atom stereocenters. The van der Waals surface area contributed by atoms with E-state index in [1.165, 1.54) is 0 Å². The summed E-state index contributed by atoms with van der Waals surface area (Å²) in [6.45, 7) is 1.90. The maximum atomic E-state index is 11.9. The van der Waals surface area contributed by atoms with Gasteiger partial charge in [0, 0.05) is 26.0 Å². The summed E-state index contributed by atoms with van der Waals surface area (Å²) in [4.78, 5) is 1.90. The average molecular weight is 290 g/mol. The molecule has 0 fully saturated rings. The van der Waals surface area contributed by atoms with Crippen molar-refractivity contribution in [3.05, 3.63) is 29.8 Å². The van der Waals surface area contributed by atoms with E-state index in [2.05, 4.69) is 4.13 Å². The summed E-state index contributed by atoms with van der Waals surface area (Å²) in [5.74, 6) is 0. The highest BCUT2D eigenvalue weighted by Gasteiger charge is 2.15. The Morgan fingerprint density at radius 1 is 1.29 bits per heavy atom. The fourth-order valence-electron chi connectivity index (χ4n) is 0.947. The highest BCUT2D eigenvalue weighted by atomic mass is 32.3. The fraction of sp³-hybridized carbons (Fsp3) is 0.300. The maximum absolute atomic E-state index is 11.9. The van der Waals surface area contributed by atoms with Gasteiger partial charge in [0.1, 0.15) is 0 Å². The van der Waals surface area contributed by atoms with Crippen molar-refractivity contribution >= 4 is 38.5 Å². The molecule has 0 spiro atoms. The summed E-state index contributed by atoms with van der Waals surface area (Å²) >= 11 is 5.89. The van der Waals surface area contributed by atoms with Crippen LogP contribution in [0.4, 0.5) is 0 Å². The van der Waals surface area contributed by atoms with Crippen molar-refractivity contribution in [3.63, 3.8) is 0 Å². The second-order valence-electron chi connectivity index (χ2n) is 3.66. The van der Waals surface area contributed by atoms with Crippen LogP contribution in [0.2, 0.25) is 0 Å². The first-order chi connectivity index (χ1) is 7.83. The molecule has 17 heavy (non-hydrogen) atoms. The van der Waals surface area contributed by atoms with Crippen molar-refractivity contribution in [3.8, 4) is 0 Å². The van der Waals surface area contributed by atoms with Crippen LogP contribution in [0.5, 0.6) is 0 Å². The first-order valence-electron chi connectivity index (χ1n) is 4.79. The van der Waals surface area contributed by atoms with E-state index in [1.807, 2.05) is 6.92 Å². The van der Waals surface area contributed by atoms with Crippen molar-refractivity contribution in [2.45, 2.75) is 11.8 Å². The molecule has 0 saturated carbocycles. The van der Waals surface area contributed by atoms with Gasteiger partial charge in [-0.15, -0.1) is 4.13 Å². The molecule has 4 nitrogen and oxygen atoms in total. The van der Waals surface area contributed by atoms with Crippen LogP contribution in [0.3, 0.4) is 0 Å². The van der Waals surface area contributed by atoms with Gasteiger partial charge in [0.05, 0.1) is 4.90 Å². The van der Waals surface area contributed by atoms with Gasteiger partial charge in [-0.1, -0.05) is 29.9 Å². The zero-order valence-electron chi connectivity index (χ0n) is 9.80. The van der Waals surface area contributed by atoms with Crippen molar-refractivity contribution in [1.82, 2.24) is 9.03 Å². The van der Waals surface area contributed by atoms with E-state index in [9.17, 15) is 8.42 Å².